The Balaban J connectivity index is 3.00. The summed E-state index contributed by atoms with van der Waals surface area (Å²) in [6, 6.07) is 5.34. The molecule has 0 bridgehead atoms. The van der Waals surface area contributed by atoms with E-state index in [2.05, 4.69) is 9.98 Å². The summed E-state index contributed by atoms with van der Waals surface area (Å²) in [5.74, 6) is 0.223. The number of hydrogen-bond donors (Lipinski definition) is 1. The minimum Gasteiger partial charge on any atom is -0.493 e. The first kappa shape index (κ1) is 23.3. The monoisotopic (exact) mass is 477 g/mol. The number of aliphatic imine (C=N–C) groups is 2. The summed E-state index contributed by atoms with van der Waals surface area (Å²) in [5.41, 5.74) is 0.815. The number of ether oxygens (including phenoxy) is 2. The lowest BCUT2D eigenvalue weighted by Crippen LogP contribution is -2.23. The van der Waals surface area contributed by atoms with Crippen molar-refractivity contribution >= 4 is 93.6 Å². The SMILES string of the molecule is COc1ccc(/C=C/C=NC(=NC(=N)C(Cl)(Cl)Cl)C(Cl)(Cl)Cl)cc1OC. The maximum atomic E-state index is 7.57. The van der Waals surface area contributed by atoms with Crippen LogP contribution in [0.4, 0.5) is 0 Å². The zero-order chi connectivity index (χ0) is 20.0. The molecular formula is C15H13Cl6N3O2. The Morgan fingerprint density at radius 2 is 1.62 bits per heavy atom. The third-order valence-corrected chi connectivity index (χ3v) is 3.76. The molecule has 0 aliphatic rings. The summed E-state index contributed by atoms with van der Waals surface area (Å²) in [5, 5.41) is 7.57. The second-order valence-corrected chi connectivity index (χ2v) is 9.09. The molecule has 142 valence electrons. The van der Waals surface area contributed by atoms with Crippen LogP contribution < -0.4 is 9.47 Å². The van der Waals surface area contributed by atoms with Gasteiger partial charge in [0.25, 0.3) is 0 Å². The topological polar surface area (TPSA) is 67.0 Å². The second-order valence-electron chi connectivity index (χ2n) is 4.53. The summed E-state index contributed by atoms with van der Waals surface area (Å²) in [7, 11) is 3.09. The van der Waals surface area contributed by atoms with Crippen molar-refractivity contribution < 1.29 is 9.47 Å². The first-order valence-corrected chi connectivity index (χ1v) is 9.00. The molecule has 0 saturated carbocycles. The van der Waals surface area contributed by atoms with Gasteiger partial charge in [-0.3, -0.25) is 5.41 Å². The van der Waals surface area contributed by atoms with Crippen molar-refractivity contribution in [3.8, 4) is 11.5 Å². The highest BCUT2D eigenvalue weighted by atomic mass is 35.6. The van der Waals surface area contributed by atoms with Gasteiger partial charge >= 0.3 is 0 Å². The largest absolute Gasteiger partial charge is 0.493 e. The molecule has 0 radical (unpaired) electrons. The van der Waals surface area contributed by atoms with E-state index < -0.39 is 13.4 Å². The molecule has 0 spiro atoms. The molecule has 1 aromatic carbocycles. The van der Waals surface area contributed by atoms with Crippen LogP contribution in [0.3, 0.4) is 0 Å². The van der Waals surface area contributed by atoms with Crippen LogP contribution in [-0.2, 0) is 0 Å². The molecule has 1 rings (SSSR count). The third-order valence-electron chi connectivity index (χ3n) is 2.72. The minimum absolute atomic E-state index is 0.323. The summed E-state index contributed by atoms with van der Waals surface area (Å²) >= 11 is 34.0. The number of halogens is 6. The van der Waals surface area contributed by atoms with Crippen LogP contribution in [0, 0.1) is 5.41 Å². The quantitative estimate of drug-likeness (QED) is 0.331. The maximum absolute atomic E-state index is 7.57. The summed E-state index contributed by atoms with van der Waals surface area (Å²) in [6.07, 6.45) is 4.62. The van der Waals surface area contributed by atoms with Gasteiger partial charge < -0.3 is 9.47 Å². The van der Waals surface area contributed by atoms with Crippen LogP contribution in [0.1, 0.15) is 5.56 Å². The fourth-order valence-corrected chi connectivity index (χ4v) is 1.96. The molecule has 0 aliphatic heterocycles. The van der Waals surface area contributed by atoms with Gasteiger partial charge in [-0.05, 0) is 23.8 Å². The Morgan fingerprint density at radius 1 is 1.00 bits per heavy atom. The number of nitrogens with one attached hydrogen (secondary N) is 1. The van der Waals surface area contributed by atoms with Gasteiger partial charge in [0, 0.05) is 6.21 Å². The van der Waals surface area contributed by atoms with E-state index in [1.807, 2.05) is 6.07 Å². The normalized spacial score (nSPS) is 13.5. The fraction of sp³-hybridized carbons (Fsp3) is 0.267. The predicted molar refractivity (Wildman–Crippen MR) is 113 cm³/mol. The number of alkyl halides is 6. The van der Waals surface area contributed by atoms with Crippen LogP contribution in [0.5, 0.6) is 11.5 Å². The van der Waals surface area contributed by atoms with Crippen LogP contribution in [0.25, 0.3) is 6.08 Å². The van der Waals surface area contributed by atoms with Crippen molar-refractivity contribution in [1.82, 2.24) is 0 Å². The molecule has 0 fully saturated rings. The molecular weight excluding hydrogens is 467 g/mol. The number of methoxy groups -OCH3 is 2. The number of amidine groups is 2. The standard InChI is InChI=1S/C15H13Cl6N3O2/c1-25-10-6-5-9(8-11(10)26-2)4-3-7-23-13(15(19,20)21)24-12(22)14(16,17)18/h3-8,22H,1-2H3/b4-3+,22-12?,23-7?,24-13?. The van der Waals surface area contributed by atoms with Crippen molar-refractivity contribution in [2.45, 2.75) is 7.59 Å². The number of benzene rings is 1. The highest BCUT2D eigenvalue weighted by Crippen LogP contribution is 2.32. The van der Waals surface area contributed by atoms with Crippen molar-refractivity contribution in [2.24, 2.45) is 9.98 Å². The predicted octanol–water partition coefficient (Wildman–Crippen LogP) is 5.90. The van der Waals surface area contributed by atoms with Gasteiger partial charge in [0.2, 0.25) is 7.59 Å². The number of rotatable bonds is 4. The maximum Gasteiger partial charge on any atom is 0.250 e. The average Bonchev–Trinajstić information content (AvgIpc) is 2.55. The molecule has 1 aromatic rings. The zero-order valence-electron chi connectivity index (χ0n) is 13.4. The van der Waals surface area contributed by atoms with Crippen molar-refractivity contribution in [2.75, 3.05) is 14.2 Å². The summed E-state index contributed by atoms with van der Waals surface area (Å²) < 4.78 is 6.31. The molecule has 0 saturated heterocycles. The molecule has 0 unspecified atom stereocenters. The van der Waals surface area contributed by atoms with Gasteiger partial charge in [-0.15, -0.1) is 0 Å². The molecule has 0 aliphatic carbocycles. The molecule has 0 heterocycles. The molecule has 26 heavy (non-hydrogen) atoms. The average molecular weight is 480 g/mol. The smallest absolute Gasteiger partial charge is 0.250 e. The Hall–Kier alpha value is -0.690. The highest BCUT2D eigenvalue weighted by molar-refractivity contribution is 6.78. The van der Waals surface area contributed by atoms with Gasteiger partial charge in [0.1, 0.15) is 0 Å². The van der Waals surface area contributed by atoms with E-state index in [9.17, 15) is 0 Å². The lowest BCUT2D eigenvalue weighted by Gasteiger charge is -2.13. The Morgan fingerprint density at radius 3 is 2.12 bits per heavy atom. The molecule has 5 nitrogen and oxygen atoms in total. The number of nitrogens with zero attached hydrogens (tertiary/aromatic N) is 2. The Labute approximate surface area is 181 Å². The van der Waals surface area contributed by atoms with E-state index >= 15 is 0 Å². The van der Waals surface area contributed by atoms with Gasteiger partial charge in [0.05, 0.1) is 14.2 Å². The van der Waals surface area contributed by atoms with Gasteiger partial charge in [-0.25, -0.2) is 9.98 Å². The van der Waals surface area contributed by atoms with Gasteiger partial charge in [0.15, 0.2) is 23.2 Å². The fourth-order valence-electron chi connectivity index (χ4n) is 1.56. The first-order valence-electron chi connectivity index (χ1n) is 6.73. The van der Waals surface area contributed by atoms with E-state index in [-0.39, 0.29) is 5.84 Å². The highest BCUT2D eigenvalue weighted by Gasteiger charge is 2.32. The lowest BCUT2D eigenvalue weighted by molar-refractivity contribution is 0.355. The van der Waals surface area contributed by atoms with E-state index in [1.165, 1.54) is 13.3 Å². The van der Waals surface area contributed by atoms with Crippen molar-refractivity contribution in [1.29, 1.82) is 5.41 Å². The minimum atomic E-state index is -2.06. The van der Waals surface area contributed by atoms with Crippen molar-refractivity contribution in [3.63, 3.8) is 0 Å². The van der Waals surface area contributed by atoms with Crippen LogP contribution in [-0.4, -0.2) is 39.7 Å². The molecule has 0 atom stereocenters. The van der Waals surface area contributed by atoms with Gasteiger partial charge in [-0.1, -0.05) is 81.7 Å². The third kappa shape index (κ3) is 7.51. The number of hydrogen-bond acceptors (Lipinski definition) is 3. The van der Waals surface area contributed by atoms with E-state index in [4.69, 9.17) is 84.5 Å². The Bertz CT molecular complexity index is 736. The van der Waals surface area contributed by atoms with Crippen LogP contribution in [0.15, 0.2) is 34.3 Å². The lowest BCUT2D eigenvalue weighted by atomic mass is 10.2. The molecule has 0 amide bonds. The van der Waals surface area contributed by atoms with E-state index in [0.717, 1.165) is 5.56 Å². The van der Waals surface area contributed by atoms with E-state index in [0.29, 0.717) is 11.5 Å². The van der Waals surface area contributed by atoms with Crippen molar-refractivity contribution in [3.05, 3.63) is 29.8 Å². The molecule has 1 N–H and O–H groups in total. The van der Waals surface area contributed by atoms with Gasteiger partial charge in [-0.2, -0.15) is 0 Å². The Kier molecular flexibility index (Phi) is 9.00. The molecule has 0 aromatic heterocycles. The molecule has 11 heteroatoms. The zero-order valence-corrected chi connectivity index (χ0v) is 18.0. The first-order chi connectivity index (χ1) is 12.0. The second kappa shape index (κ2) is 10.0. The van der Waals surface area contributed by atoms with Crippen LogP contribution >= 0.6 is 69.6 Å². The van der Waals surface area contributed by atoms with E-state index in [1.54, 1.807) is 31.4 Å². The summed E-state index contributed by atoms with van der Waals surface area (Å²) in [6.45, 7) is 0. The summed E-state index contributed by atoms with van der Waals surface area (Å²) in [4.78, 5) is 7.56. The van der Waals surface area contributed by atoms with Crippen LogP contribution in [0.2, 0.25) is 0 Å². The number of allylic oxidation sites excluding steroid dienone is 1.